The number of rotatable bonds is 6. The molecule has 0 atom stereocenters. The molecule has 2 rings (SSSR count). The smallest absolute Gasteiger partial charge is 0.221 e. The Bertz CT molecular complexity index is 389. The van der Waals surface area contributed by atoms with Crippen molar-refractivity contribution >= 4 is 5.91 Å². The van der Waals surface area contributed by atoms with Crippen molar-refractivity contribution in [2.24, 2.45) is 0 Å². The van der Waals surface area contributed by atoms with Crippen molar-refractivity contribution in [2.75, 3.05) is 6.54 Å². The first-order chi connectivity index (χ1) is 8.24. The Labute approximate surface area is 101 Å². The van der Waals surface area contributed by atoms with Crippen LogP contribution in [0.1, 0.15) is 24.8 Å². The SMILES string of the molecule is O=C(CCNCc1cccc(O)c1)NC1CC1. The highest BCUT2D eigenvalue weighted by atomic mass is 16.3. The van der Waals surface area contributed by atoms with Gasteiger partial charge in [-0.05, 0) is 30.5 Å². The van der Waals surface area contributed by atoms with Gasteiger partial charge >= 0.3 is 0 Å². The number of aromatic hydroxyl groups is 1. The second-order valence-electron chi connectivity index (χ2n) is 4.44. The lowest BCUT2D eigenvalue weighted by molar-refractivity contribution is -0.121. The first kappa shape index (κ1) is 11.9. The van der Waals surface area contributed by atoms with E-state index in [1.807, 2.05) is 12.1 Å². The second kappa shape index (κ2) is 5.68. The molecule has 1 aliphatic rings. The van der Waals surface area contributed by atoms with E-state index in [2.05, 4.69) is 10.6 Å². The Morgan fingerprint density at radius 1 is 1.41 bits per heavy atom. The zero-order valence-corrected chi connectivity index (χ0v) is 9.78. The van der Waals surface area contributed by atoms with Crippen LogP contribution in [0, 0.1) is 0 Å². The van der Waals surface area contributed by atoms with E-state index in [0.29, 0.717) is 25.6 Å². The monoisotopic (exact) mass is 234 g/mol. The molecule has 0 bridgehead atoms. The standard InChI is InChI=1S/C13H18N2O2/c16-12-3-1-2-10(8-12)9-14-7-6-13(17)15-11-4-5-11/h1-3,8,11,14,16H,4-7,9H2,(H,15,17). The van der Waals surface area contributed by atoms with Gasteiger partial charge in [-0.3, -0.25) is 4.79 Å². The number of carbonyl (C=O) groups is 1. The summed E-state index contributed by atoms with van der Waals surface area (Å²) in [5.74, 6) is 0.395. The Morgan fingerprint density at radius 2 is 2.24 bits per heavy atom. The van der Waals surface area contributed by atoms with Crippen molar-refractivity contribution in [3.8, 4) is 5.75 Å². The highest BCUT2D eigenvalue weighted by Crippen LogP contribution is 2.18. The molecule has 3 N–H and O–H groups in total. The van der Waals surface area contributed by atoms with E-state index in [9.17, 15) is 9.90 Å². The van der Waals surface area contributed by atoms with Crippen LogP contribution in [0.3, 0.4) is 0 Å². The lowest BCUT2D eigenvalue weighted by Crippen LogP contribution is -2.28. The Kier molecular flexibility index (Phi) is 3.98. The minimum atomic E-state index is 0.121. The molecule has 0 radical (unpaired) electrons. The molecule has 1 saturated carbocycles. The zero-order valence-electron chi connectivity index (χ0n) is 9.78. The van der Waals surface area contributed by atoms with Gasteiger partial charge in [-0.15, -0.1) is 0 Å². The predicted octanol–water partition coefficient (Wildman–Crippen LogP) is 1.15. The van der Waals surface area contributed by atoms with Crippen LogP contribution in [-0.2, 0) is 11.3 Å². The van der Waals surface area contributed by atoms with Crippen molar-refractivity contribution in [1.29, 1.82) is 0 Å². The summed E-state index contributed by atoms with van der Waals surface area (Å²) in [6.07, 6.45) is 2.76. The molecule has 0 heterocycles. The van der Waals surface area contributed by atoms with Crippen molar-refractivity contribution in [2.45, 2.75) is 31.8 Å². The molecule has 0 aliphatic heterocycles. The van der Waals surface area contributed by atoms with E-state index >= 15 is 0 Å². The van der Waals surface area contributed by atoms with Gasteiger partial charge in [0.15, 0.2) is 0 Å². The van der Waals surface area contributed by atoms with Crippen LogP contribution in [-0.4, -0.2) is 23.6 Å². The van der Waals surface area contributed by atoms with E-state index in [1.54, 1.807) is 12.1 Å². The number of benzene rings is 1. The van der Waals surface area contributed by atoms with Gasteiger partial charge in [0.1, 0.15) is 5.75 Å². The number of hydrogen-bond acceptors (Lipinski definition) is 3. The van der Waals surface area contributed by atoms with E-state index in [4.69, 9.17) is 0 Å². The van der Waals surface area contributed by atoms with Crippen LogP contribution in [0.15, 0.2) is 24.3 Å². The number of phenols is 1. The largest absolute Gasteiger partial charge is 0.508 e. The van der Waals surface area contributed by atoms with Gasteiger partial charge in [-0.25, -0.2) is 0 Å². The van der Waals surface area contributed by atoms with Crippen LogP contribution < -0.4 is 10.6 Å². The number of nitrogens with one attached hydrogen (secondary N) is 2. The maximum Gasteiger partial charge on any atom is 0.221 e. The van der Waals surface area contributed by atoms with Crippen LogP contribution in [0.2, 0.25) is 0 Å². The number of hydrogen-bond donors (Lipinski definition) is 3. The minimum absolute atomic E-state index is 0.121. The number of amides is 1. The molecule has 0 saturated heterocycles. The summed E-state index contributed by atoms with van der Waals surface area (Å²) >= 11 is 0. The predicted molar refractivity (Wildman–Crippen MR) is 65.6 cm³/mol. The van der Waals surface area contributed by atoms with Crippen LogP contribution in [0.25, 0.3) is 0 Å². The Morgan fingerprint density at radius 3 is 2.94 bits per heavy atom. The minimum Gasteiger partial charge on any atom is -0.508 e. The van der Waals surface area contributed by atoms with Gasteiger partial charge in [0, 0.05) is 25.6 Å². The van der Waals surface area contributed by atoms with Gasteiger partial charge in [0.25, 0.3) is 0 Å². The average molecular weight is 234 g/mol. The maximum atomic E-state index is 11.4. The summed E-state index contributed by atoms with van der Waals surface area (Å²) < 4.78 is 0. The van der Waals surface area contributed by atoms with E-state index in [1.165, 1.54) is 0 Å². The zero-order chi connectivity index (χ0) is 12.1. The Balaban J connectivity index is 1.60. The first-order valence-electron chi connectivity index (χ1n) is 6.02. The summed E-state index contributed by atoms with van der Waals surface area (Å²) in [6, 6.07) is 7.56. The van der Waals surface area contributed by atoms with Crippen molar-refractivity contribution in [1.82, 2.24) is 10.6 Å². The molecule has 4 heteroatoms. The third-order valence-electron chi connectivity index (χ3n) is 2.71. The molecule has 4 nitrogen and oxygen atoms in total. The van der Waals surface area contributed by atoms with Gasteiger partial charge < -0.3 is 15.7 Å². The normalized spacial score (nSPS) is 14.6. The van der Waals surface area contributed by atoms with Gasteiger partial charge in [0.2, 0.25) is 5.91 Å². The molecule has 0 spiro atoms. The number of carbonyl (C=O) groups excluding carboxylic acids is 1. The fourth-order valence-electron chi connectivity index (χ4n) is 1.63. The van der Waals surface area contributed by atoms with E-state index in [-0.39, 0.29) is 11.7 Å². The fraction of sp³-hybridized carbons (Fsp3) is 0.462. The van der Waals surface area contributed by atoms with Crippen molar-refractivity contribution in [3.63, 3.8) is 0 Å². The first-order valence-corrected chi connectivity index (χ1v) is 6.02. The molecule has 92 valence electrons. The third kappa shape index (κ3) is 4.44. The molecule has 0 unspecified atom stereocenters. The quantitative estimate of drug-likeness (QED) is 0.647. The highest BCUT2D eigenvalue weighted by molar-refractivity contribution is 5.76. The van der Waals surface area contributed by atoms with Crippen LogP contribution >= 0.6 is 0 Å². The molecular formula is C13H18N2O2. The molecule has 1 aromatic rings. The topological polar surface area (TPSA) is 61.4 Å². The lowest BCUT2D eigenvalue weighted by atomic mass is 10.2. The molecule has 1 amide bonds. The van der Waals surface area contributed by atoms with Crippen molar-refractivity contribution in [3.05, 3.63) is 29.8 Å². The van der Waals surface area contributed by atoms with Crippen molar-refractivity contribution < 1.29 is 9.90 Å². The Hall–Kier alpha value is -1.55. The molecule has 1 aromatic carbocycles. The summed E-state index contributed by atoms with van der Waals surface area (Å²) in [5.41, 5.74) is 1.02. The molecule has 1 fully saturated rings. The van der Waals surface area contributed by atoms with Gasteiger partial charge in [-0.2, -0.15) is 0 Å². The summed E-state index contributed by atoms with van der Waals surface area (Å²) in [5, 5.41) is 15.4. The molecule has 1 aliphatic carbocycles. The summed E-state index contributed by atoms with van der Waals surface area (Å²) in [6.45, 7) is 1.33. The number of phenolic OH excluding ortho intramolecular Hbond substituents is 1. The lowest BCUT2D eigenvalue weighted by Gasteiger charge is -2.06. The average Bonchev–Trinajstić information content (AvgIpc) is 3.08. The van der Waals surface area contributed by atoms with E-state index in [0.717, 1.165) is 18.4 Å². The summed E-state index contributed by atoms with van der Waals surface area (Å²) in [4.78, 5) is 11.4. The van der Waals surface area contributed by atoms with Gasteiger partial charge in [-0.1, -0.05) is 12.1 Å². The molecule has 0 aromatic heterocycles. The van der Waals surface area contributed by atoms with E-state index < -0.39 is 0 Å². The maximum absolute atomic E-state index is 11.4. The molecular weight excluding hydrogens is 216 g/mol. The summed E-state index contributed by atoms with van der Waals surface area (Å²) in [7, 11) is 0. The van der Waals surface area contributed by atoms with Crippen LogP contribution in [0.4, 0.5) is 0 Å². The molecule has 17 heavy (non-hydrogen) atoms. The fourth-order valence-corrected chi connectivity index (χ4v) is 1.63. The second-order valence-corrected chi connectivity index (χ2v) is 4.44. The van der Waals surface area contributed by atoms with Crippen LogP contribution in [0.5, 0.6) is 5.75 Å². The third-order valence-corrected chi connectivity index (χ3v) is 2.71. The highest BCUT2D eigenvalue weighted by Gasteiger charge is 2.22. The van der Waals surface area contributed by atoms with Gasteiger partial charge in [0.05, 0.1) is 0 Å².